The normalized spacial score (nSPS) is 35.3. The summed E-state index contributed by atoms with van der Waals surface area (Å²) in [7, 11) is 0. The third-order valence-corrected chi connectivity index (χ3v) is 1.69. The first-order valence-electron chi connectivity index (χ1n) is 3.38. The molecule has 2 unspecified atom stereocenters. The molecule has 9 heavy (non-hydrogen) atoms. The van der Waals surface area contributed by atoms with E-state index in [1.807, 2.05) is 0 Å². The summed E-state index contributed by atoms with van der Waals surface area (Å²) in [4.78, 5) is 0. The Morgan fingerprint density at radius 3 is 3.00 bits per heavy atom. The highest BCUT2D eigenvalue weighted by atomic mass is 16.5. The monoisotopic (exact) mass is 130 g/mol. The van der Waals surface area contributed by atoms with Gasteiger partial charge in [0, 0.05) is 6.54 Å². The maximum Gasteiger partial charge on any atom is 0.0551 e. The van der Waals surface area contributed by atoms with Crippen molar-refractivity contribution in [3.05, 3.63) is 0 Å². The fourth-order valence-corrected chi connectivity index (χ4v) is 1.21. The van der Waals surface area contributed by atoms with Gasteiger partial charge in [-0.25, -0.2) is 0 Å². The van der Waals surface area contributed by atoms with Crippen LogP contribution in [-0.4, -0.2) is 19.3 Å². The Kier molecular flexibility index (Phi) is 2.45. The van der Waals surface area contributed by atoms with E-state index in [9.17, 15) is 0 Å². The predicted molar refractivity (Wildman–Crippen MR) is 35.7 cm³/mol. The van der Waals surface area contributed by atoms with Crippen LogP contribution in [0.5, 0.6) is 0 Å². The van der Waals surface area contributed by atoms with Gasteiger partial charge in [0.15, 0.2) is 0 Å². The maximum atomic E-state index is 5.32. The van der Waals surface area contributed by atoms with Gasteiger partial charge < -0.3 is 4.74 Å². The van der Waals surface area contributed by atoms with Gasteiger partial charge in [-0.15, -0.1) is 0 Å². The van der Waals surface area contributed by atoms with Gasteiger partial charge in [0.1, 0.15) is 0 Å². The Morgan fingerprint density at radius 1 is 1.78 bits per heavy atom. The molecule has 0 aliphatic carbocycles. The zero-order valence-corrected chi connectivity index (χ0v) is 5.76. The van der Waals surface area contributed by atoms with E-state index in [4.69, 9.17) is 10.6 Å². The minimum absolute atomic E-state index is 0.434. The van der Waals surface area contributed by atoms with Crippen LogP contribution in [0.1, 0.15) is 13.3 Å². The van der Waals surface area contributed by atoms with Crippen molar-refractivity contribution in [2.45, 2.75) is 19.4 Å². The Bertz CT molecular complexity index is 85.1. The zero-order valence-electron chi connectivity index (χ0n) is 5.76. The molecule has 1 fully saturated rings. The molecule has 0 amide bonds. The molecule has 3 nitrogen and oxygen atoms in total. The second-order valence-electron chi connectivity index (χ2n) is 2.65. The molecule has 0 radical (unpaired) electrons. The molecule has 1 aliphatic rings. The molecule has 1 saturated heterocycles. The van der Waals surface area contributed by atoms with E-state index in [0.29, 0.717) is 12.0 Å². The van der Waals surface area contributed by atoms with E-state index in [0.717, 1.165) is 19.6 Å². The molecule has 3 N–H and O–H groups in total. The molecule has 54 valence electrons. The van der Waals surface area contributed by atoms with Crippen LogP contribution >= 0.6 is 0 Å². The minimum Gasteiger partial charge on any atom is -0.378 e. The second kappa shape index (κ2) is 3.15. The summed E-state index contributed by atoms with van der Waals surface area (Å²) in [5, 5.41) is 0. The summed E-state index contributed by atoms with van der Waals surface area (Å²) < 4.78 is 5.32. The van der Waals surface area contributed by atoms with Crippen LogP contribution in [0.2, 0.25) is 0 Å². The molecule has 3 heteroatoms. The average Bonchev–Trinajstić information content (AvgIpc) is 2.17. The van der Waals surface area contributed by atoms with Gasteiger partial charge >= 0.3 is 0 Å². The summed E-state index contributed by atoms with van der Waals surface area (Å²) in [6, 6.07) is 0. The molecule has 0 aromatic carbocycles. The molecule has 0 saturated carbocycles. The predicted octanol–water partition coefficient (Wildman–Crippen LogP) is -0.125. The van der Waals surface area contributed by atoms with E-state index >= 15 is 0 Å². The van der Waals surface area contributed by atoms with Crippen molar-refractivity contribution in [2.75, 3.05) is 13.2 Å². The third kappa shape index (κ3) is 1.93. The summed E-state index contributed by atoms with van der Waals surface area (Å²) >= 11 is 0. The topological polar surface area (TPSA) is 47.3 Å². The number of hydrogen-bond donors (Lipinski definition) is 2. The summed E-state index contributed by atoms with van der Waals surface area (Å²) in [6.45, 7) is 3.84. The van der Waals surface area contributed by atoms with Crippen molar-refractivity contribution in [3.8, 4) is 0 Å². The fourth-order valence-electron chi connectivity index (χ4n) is 1.21. The lowest BCUT2D eigenvalue weighted by atomic mass is 10.1. The van der Waals surface area contributed by atoms with Gasteiger partial charge in [0.2, 0.25) is 0 Å². The standard InChI is InChI=1S/C6H14N2O/c1-5-2-6(3-8-7)4-9-5/h5-6,8H,2-4,7H2,1H3. The highest BCUT2D eigenvalue weighted by Crippen LogP contribution is 2.17. The lowest BCUT2D eigenvalue weighted by Crippen LogP contribution is -2.28. The number of nitrogens with two attached hydrogens (primary N) is 1. The molecule has 0 aromatic heterocycles. The van der Waals surface area contributed by atoms with Crippen molar-refractivity contribution in [1.29, 1.82) is 0 Å². The lowest BCUT2D eigenvalue weighted by Gasteiger charge is -2.03. The Morgan fingerprint density at radius 2 is 2.56 bits per heavy atom. The van der Waals surface area contributed by atoms with Crippen LogP contribution in [0.25, 0.3) is 0 Å². The molecule has 1 heterocycles. The van der Waals surface area contributed by atoms with Crippen LogP contribution in [0.15, 0.2) is 0 Å². The Labute approximate surface area is 55.5 Å². The van der Waals surface area contributed by atoms with E-state index in [1.54, 1.807) is 0 Å². The quantitative estimate of drug-likeness (QED) is 0.404. The fraction of sp³-hybridized carbons (Fsp3) is 1.00. The van der Waals surface area contributed by atoms with Crippen LogP contribution in [0.3, 0.4) is 0 Å². The van der Waals surface area contributed by atoms with E-state index in [2.05, 4.69) is 12.3 Å². The molecule has 1 aliphatic heterocycles. The van der Waals surface area contributed by atoms with Crippen molar-refractivity contribution in [3.63, 3.8) is 0 Å². The molecular formula is C6H14N2O. The smallest absolute Gasteiger partial charge is 0.0551 e. The SMILES string of the molecule is CC1CC(CNN)CO1. The first-order valence-corrected chi connectivity index (χ1v) is 3.38. The molecule has 0 aromatic rings. The lowest BCUT2D eigenvalue weighted by molar-refractivity contribution is 0.120. The number of hydrogen-bond acceptors (Lipinski definition) is 3. The van der Waals surface area contributed by atoms with E-state index in [1.165, 1.54) is 0 Å². The van der Waals surface area contributed by atoms with Crippen molar-refractivity contribution < 1.29 is 4.74 Å². The van der Waals surface area contributed by atoms with Gasteiger partial charge in [-0.05, 0) is 19.3 Å². The Hall–Kier alpha value is -0.120. The van der Waals surface area contributed by atoms with Crippen LogP contribution < -0.4 is 11.3 Å². The third-order valence-electron chi connectivity index (χ3n) is 1.69. The summed E-state index contributed by atoms with van der Waals surface area (Å²) in [5.74, 6) is 5.78. The first kappa shape index (κ1) is 6.99. The van der Waals surface area contributed by atoms with E-state index < -0.39 is 0 Å². The molecule has 1 rings (SSSR count). The number of nitrogens with one attached hydrogen (secondary N) is 1. The van der Waals surface area contributed by atoms with E-state index in [-0.39, 0.29) is 0 Å². The Balaban J connectivity index is 2.14. The van der Waals surface area contributed by atoms with Gasteiger partial charge in [0.05, 0.1) is 12.7 Å². The minimum atomic E-state index is 0.434. The summed E-state index contributed by atoms with van der Waals surface area (Å²) in [5.41, 5.74) is 2.65. The number of hydrazine groups is 1. The molecule has 2 atom stereocenters. The van der Waals surface area contributed by atoms with Crippen LogP contribution in [-0.2, 0) is 4.74 Å². The summed E-state index contributed by atoms with van der Waals surface area (Å²) in [6.07, 6.45) is 1.58. The van der Waals surface area contributed by atoms with Crippen molar-refractivity contribution >= 4 is 0 Å². The van der Waals surface area contributed by atoms with Gasteiger partial charge in [0.25, 0.3) is 0 Å². The largest absolute Gasteiger partial charge is 0.378 e. The maximum absolute atomic E-state index is 5.32. The molecule has 0 spiro atoms. The van der Waals surface area contributed by atoms with Crippen LogP contribution in [0.4, 0.5) is 0 Å². The van der Waals surface area contributed by atoms with Crippen LogP contribution in [0, 0.1) is 5.92 Å². The number of ether oxygens (including phenoxy) is 1. The second-order valence-corrected chi connectivity index (χ2v) is 2.65. The number of rotatable bonds is 2. The zero-order chi connectivity index (χ0) is 6.69. The molecular weight excluding hydrogens is 116 g/mol. The van der Waals surface area contributed by atoms with Crippen molar-refractivity contribution in [1.82, 2.24) is 5.43 Å². The average molecular weight is 130 g/mol. The van der Waals surface area contributed by atoms with Crippen molar-refractivity contribution in [2.24, 2.45) is 11.8 Å². The van der Waals surface area contributed by atoms with Gasteiger partial charge in [-0.3, -0.25) is 11.3 Å². The first-order chi connectivity index (χ1) is 4.33. The highest BCUT2D eigenvalue weighted by Gasteiger charge is 2.20. The van der Waals surface area contributed by atoms with Gasteiger partial charge in [-0.1, -0.05) is 0 Å². The highest BCUT2D eigenvalue weighted by molar-refractivity contribution is 4.70. The van der Waals surface area contributed by atoms with Gasteiger partial charge in [-0.2, -0.15) is 0 Å². The molecule has 0 bridgehead atoms.